The zero-order valence-electron chi connectivity index (χ0n) is 8.53. The predicted octanol–water partition coefficient (Wildman–Crippen LogP) is 1.65. The highest BCUT2D eigenvalue weighted by Crippen LogP contribution is 2.20. The molecule has 0 saturated carbocycles. The van der Waals surface area contributed by atoms with Crippen molar-refractivity contribution in [1.82, 2.24) is 15.3 Å². The predicted molar refractivity (Wildman–Crippen MR) is 61.7 cm³/mol. The van der Waals surface area contributed by atoms with Crippen molar-refractivity contribution in [3.8, 4) is 0 Å². The quantitative estimate of drug-likeness (QED) is 0.779. The summed E-state index contributed by atoms with van der Waals surface area (Å²) >= 11 is 5.78. The van der Waals surface area contributed by atoms with E-state index in [-0.39, 0.29) is 0 Å². The van der Waals surface area contributed by atoms with Gasteiger partial charge in [-0.25, -0.2) is 4.98 Å². The number of hydrogen-bond acceptors (Lipinski definition) is 5. The summed E-state index contributed by atoms with van der Waals surface area (Å²) in [5, 5.41) is 6.92. The summed E-state index contributed by atoms with van der Waals surface area (Å²) < 4.78 is 5.51. The van der Waals surface area contributed by atoms with Gasteiger partial charge in [0.25, 0.3) is 6.01 Å². The summed E-state index contributed by atoms with van der Waals surface area (Å²) in [6.07, 6.45) is 1.08. The van der Waals surface area contributed by atoms with Crippen LogP contribution in [-0.4, -0.2) is 29.1 Å². The standard InChI is InChI=1S/C10H11ClN4O/c11-8-2-1-7-9(14-8)15-10(16-7)13-6-3-4-12-5-6/h1-2,6,12H,3-5H2,(H,13,14,15). The van der Waals surface area contributed by atoms with Gasteiger partial charge in [0.2, 0.25) is 5.65 Å². The highest BCUT2D eigenvalue weighted by molar-refractivity contribution is 6.29. The van der Waals surface area contributed by atoms with Crippen molar-refractivity contribution < 1.29 is 4.42 Å². The summed E-state index contributed by atoms with van der Waals surface area (Å²) in [5.74, 6) is 0. The maximum atomic E-state index is 5.78. The number of nitrogens with zero attached hydrogens (tertiary/aromatic N) is 2. The largest absolute Gasteiger partial charge is 0.422 e. The van der Waals surface area contributed by atoms with E-state index >= 15 is 0 Å². The number of hydrogen-bond donors (Lipinski definition) is 2. The zero-order chi connectivity index (χ0) is 11.0. The third-order valence-corrected chi connectivity index (χ3v) is 2.82. The van der Waals surface area contributed by atoms with Crippen LogP contribution in [0.15, 0.2) is 16.5 Å². The maximum Gasteiger partial charge on any atom is 0.297 e. The molecule has 3 heterocycles. The van der Waals surface area contributed by atoms with Crippen LogP contribution in [0, 0.1) is 0 Å². The molecule has 1 atom stereocenters. The fourth-order valence-corrected chi connectivity index (χ4v) is 1.95. The first-order valence-electron chi connectivity index (χ1n) is 5.21. The van der Waals surface area contributed by atoms with E-state index < -0.39 is 0 Å². The minimum absolute atomic E-state index is 0.378. The molecule has 1 unspecified atom stereocenters. The fraction of sp³-hybridized carbons (Fsp3) is 0.400. The molecular formula is C10H11ClN4O. The van der Waals surface area contributed by atoms with Crippen molar-refractivity contribution in [2.24, 2.45) is 0 Å². The SMILES string of the molecule is Clc1ccc2oc(NC3CCNC3)nc2n1. The molecule has 0 radical (unpaired) electrons. The first kappa shape index (κ1) is 9.86. The molecule has 0 aromatic carbocycles. The van der Waals surface area contributed by atoms with Gasteiger partial charge < -0.3 is 15.1 Å². The van der Waals surface area contributed by atoms with Gasteiger partial charge in [0.05, 0.1) is 0 Å². The van der Waals surface area contributed by atoms with Gasteiger partial charge in [0.1, 0.15) is 5.15 Å². The van der Waals surface area contributed by atoms with Gasteiger partial charge in [-0.05, 0) is 25.1 Å². The summed E-state index contributed by atoms with van der Waals surface area (Å²) in [6, 6.07) is 4.35. The molecule has 84 valence electrons. The van der Waals surface area contributed by atoms with E-state index in [4.69, 9.17) is 16.0 Å². The number of aromatic nitrogens is 2. The molecule has 0 aliphatic carbocycles. The van der Waals surface area contributed by atoms with Gasteiger partial charge >= 0.3 is 0 Å². The van der Waals surface area contributed by atoms with Crippen LogP contribution in [0.4, 0.5) is 6.01 Å². The average Bonchev–Trinajstić information content (AvgIpc) is 2.86. The molecule has 2 N–H and O–H groups in total. The minimum Gasteiger partial charge on any atom is -0.422 e. The van der Waals surface area contributed by atoms with Crippen molar-refractivity contribution in [3.05, 3.63) is 17.3 Å². The van der Waals surface area contributed by atoms with Crippen LogP contribution in [0.2, 0.25) is 5.15 Å². The van der Waals surface area contributed by atoms with E-state index in [1.807, 2.05) is 0 Å². The topological polar surface area (TPSA) is 63.0 Å². The Balaban J connectivity index is 1.86. The van der Waals surface area contributed by atoms with Gasteiger partial charge in [0.15, 0.2) is 5.58 Å². The molecule has 0 bridgehead atoms. The summed E-state index contributed by atoms with van der Waals surface area (Å²) in [7, 11) is 0. The zero-order valence-corrected chi connectivity index (χ0v) is 9.29. The summed E-state index contributed by atoms with van der Waals surface area (Å²) in [4.78, 5) is 8.31. The average molecular weight is 239 g/mol. The van der Waals surface area contributed by atoms with Gasteiger partial charge in [-0.1, -0.05) is 11.6 Å². The van der Waals surface area contributed by atoms with Gasteiger partial charge in [-0.3, -0.25) is 0 Å². The highest BCUT2D eigenvalue weighted by Gasteiger charge is 2.16. The molecular weight excluding hydrogens is 228 g/mol. The Bertz CT molecular complexity index is 506. The number of rotatable bonds is 2. The van der Waals surface area contributed by atoms with Crippen molar-refractivity contribution in [2.75, 3.05) is 18.4 Å². The van der Waals surface area contributed by atoms with E-state index in [9.17, 15) is 0 Å². The molecule has 2 aromatic rings. The molecule has 0 amide bonds. The normalized spacial score (nSPS) is 20.4. The van der Waals surface area contributed by atoms with Crippen molar-refractivity contribution in [1.29, 1.82) is 0 Å². The Morgan fingerprint density at radius 2 is 2.38 bits per heavy atom. The van der Waals surface area contributed by atoms with E-state index in [1.165, 1.54) is 0 Å². The van der Waals surface area contributed by atoms with E-state index in [0.29, 0.717) is 28.4 Å². The number of oxazole rings is 1. The first-order chi connectivity index (χ1) is 7.81. The van der Waals surface area contributed by atoms with Crippen LogP contribution in [-0.2, 0) is 0 Å². The Labute approximate surface area is 97.2 Å². The monoisotopic (exact) mass is 238 g/mol. The highest BCUT2D eigenvalue weighted by atomic mass is 35.5. The second kappa shape index (κ2) is 3.92. The number of nitrogens with one attached hydrogen (secondary N) is 2. The Morgan fingerprint density at radius 1 is 1.44 bits per heavy atom. The van der Waals surface area contributed by atoms with E-state index in [1.54, 1.807) is 12.1 Å². The second-order valence-corrected chi connectivity index (χ2v) is 4.20. The van der Waals surface area contributed by atoms with Crippen molar-refractivity contribution >= 4 is 28.8 Å². The molecule has 6 heteroatoms. The van der Waals surface area contributed by atoms with E-state index in [2.05, 4.69) is 20.6 Å². The minimum atomic E-state index is 0.378. The molecule has 1 aliphatic heterocycles. The maximum absolute atomic E-state index is 5.78. The summed E-state index contributed by atoms with van der Waals surface area (Å²) in [5.41, 5.74) is 1.19. The van der Waals surface area contributed by atoms with Crippen molar-refractivity contribution in [3.63, 3.8) is 0 Å². The molecule has 1 saturated heterocycles. The molecule has 2 aromatic heterocycles. The van der Waals surface area contributed by atoms with E-state index in [0.717, 1.165) is 19.5 Å². The molecule has 3 rings (SSSR count). The lowest BCUT2D eigenvalue weighted by molar-refractivity contribution is 0.599. The molecule has 16 heavy (non-hydrogen) atoms. The lowest BCUT2D eigenvalue weighted by Crippen LogP contribution is -2.22. The molecule has 1 fully saturated rings. The Hall–Kier alpha value is -1.33. The van der Waals surface area contributed by atoms with Crippen LogP contribution in [0.5, 0.6) is 0 Å². The summed E-state index contributed by atoms with van der Waals surface area (Å²) in [6.45, 7) is 1.97. The number of pyridine rings is 1. The number of fused-ring (bicyclic) bond motifs is 1. The van der Waals surface area contributed by atoms with Crippen LogP contribution < -0.4 is 10.6 Å². The molecule has 5 nitrogen and oxygen atoms in total. The third kappa shape index (κ3) is 1.83. The van der Waals surface area contributed by atoms with Crippen LogP contribution in [0.25, 0.3) is 11.2 Å². The van der Waals surface area contributed by atoms with Gasteiger partial charge in [-0.2, -0.15) is 4.98 Å². The van der Waals surface area contributed by atoms with Gasteiger partial charge in [-0.15, -0.1) is 0 Å². The van der Waals surface area contributed by atoms with Crippen molar-refractivity contribution in [2.45, 2.75) is 12.5 Å². The third-order valence-electron chi connectivity index (χ3n) is 2.61. The van der Waals surface area contributed by atoms with Gasteiger partial charge in [0, 0.05) is 12.6 Å². The lowest BCUT2D eigenvalue weighted by atomic mass is 10.3. The first-order valence-corrected chi connectivity index (χ1v) is 5.59. The van der Waals surface area contributed by atoms with Crippen LogP contribution in [0.1, 0.15) is 6.42 Å². The smallest absolute Gasteiger partial charge is 0.297 e. The Kier molecular flexibility index (Phi) is 2.41. The number of anilines is 1. The number of halogens is 1. The van der Waals surface area contributed by atoms with Crippen LogP contribution >= 0.6 is 11.6 Å². The molecule has 0 spiro atoms. The second-order valence-electron chi connectivity index (χ2n) is 3.81. The Morgan fingerprint density at radius 3 is 3.19 bits per heavy atom. The molecule has 1 aliphatic rings. The fourth-order valence-electron chi connectivity index (χ4n) is 1.81. The lowest BCUT2D eigenvalue weighted by Gasteiger charge is -2.07. The van der Waals surface area contributed by atoms with Crippen LogP contribution in [0.3, 0.4) is 0 Å².